The molecule has 0 spiro atoms. The highest BCUT2D eigenvalue weighted by Crippen LogP contribution is 2.32. The number of aliphatic hydroxyl groups is 1. The molecule has 1 aromatic carbocycles. The highest BCUT2D eigenvalue weighted by molar-refractivity contribution is 7.23. The summed E-state index contributed by atoms with van der Waals surface area (Å²) < 4.78 is 3.25. The molecule has 1 aliphatic carbocycles. The quantitative estimate of drug-likeness (QED) is 0.775. The summed E-state index contributed by atoms with van der Waals surface area (Å²) in [5, 5.41) is 10.5. The average molecular weight is 282 g/mol. The van der Waals surface area contributed by atoms with E-state index in [9.17, 15) is 5.11 Å². The van der Waals surface area contributed by atoms with Crippen LogP contribution < -0.4 is 0 Å². The third-order valence-corrected chi connectivity index (χ3v) is 4.80. The number of fused-ring (bicyclic) bond motifs is 3. The maximum atomic E-state index is 10.5. The van der Waals surface area contributed by atoms with Crippen molar-refractivity contribution in [3.05, 3.63) is 60.0 Å². The van der Waals surface area contributed by atoms with Gasteiger partial charge in [0.05, 0.1) is 10.2 Å². The SMILES string of the molecule is OC(C1=CC=CCC1)c1ccc2c(c1)sc1nccn12. The Kier molecular flexibility index (Phi) is 2.72. The summed E-state index contributed by atoms with van der Waals surface area (Å²) >= 11 is 1.65. The number of thiazole rings is 1. The Labute approximate surface area is 120 Å². The first-order chi connectivity index (χ1) is 9.83. The minimum absolute atomic E-state index is 0.501. The maximum Gasteiger partial charge on any atom is 0.194 e. The Balaban J connectivity index is 1.79. The molecule has 20 heavy (non-hydrogen) atoms. The number of aliphatic hydroxyl groups excluding tert-OH is 1. The van der Waals surface area contributed by atoms with Crippen LogP contribution in [0.3, 0.4) is 0 Å². The molecule has 0 saturated heterocycles. The molecule has 0 bridgehead atoms. The zero-order chi connectivity index (χ0) is 13.5. The molecule has 1 N–H and O–H groups in total. The molecule has 100 valence electrons. The zero-order valence-electron chi connectivity index (χ0n) is 10.9. The summed E-state index contributed by atoms with van der Waals surface area (Å²) in [6.45, 7) is 0. The van der Waals surface area contributed by atoms with E-state index in [-0.39, 0.29) is 0 Å². The minimum atomic E-state index is -0.501. The summed E-state index contributed by atoms with van der Waals surface area (Å²) in [5.41, 5.74) is 3.20. The summed E-state index contributed by atoms with van der Waals surface area (Å²) in [7, 11) is 0. The van der Waals surface area contributed by atoms with Gasteiger partial charge in [0.25, 0.3) is 0 Å². The van der Waals surface area contributed by atoms with Crippen LogP contribution in [-0.2, 0) is 0 Å². The monoisotopic (exact) mass is 282 g/mol. The lowest BCUT2D eigenvalue weighted by Crippen LogP contribution is -2.03. The van der Waals surface area contributed by atoms with E-state index in [0.29, 0.717) is 0 Å². The van der Waals surface area contributed by atoms with Gasteiger partial charge in [0, 0.05) is 12.4 Å². The zero-order valence-corrected chi connectivity index (χ0v) is 11.7. The second kappa shape index (κ2) is 4.58. The van der Waals surface area contributed by atoms with E-state index in [2.05, 4.69) is 27.6 Å². The molecule has 0 aliphatic heterocycles. The molecule has 4 rings (SSSR count). The molecule has 1 unspecified atom stereocenters. The number of hydrogen-bond donors (Lipinski definition) is 1. The van der Waals surface area contributed by atoms with Crippen molar-refractivity contribution in [1.29, 1.82) is 0 Å². The largest absolute Gasteiger partial charge is 0.384 e. The number of allylic oxidation sites excluding steroid dienone is 3. The number of imidazole rings is 1. The molecule has 0 radical (unpaired) electrons. The van der Waals surface area contributed by atoms with Crippen LogP contribution in [0.2, 0.25) is 0 Å². The fraction of sp³-hybridized carbons (Fsp3) is 0.188. The highest BCUT2D eigenvalue weighted by atomic mass is 32.1. The predicted molar refractivity (Wildman–Crippen MR) is 82.0 cm³/mol. The number of aromatic nitrogens is 2. The van der Waals surface area contributed by atoms with Crippen LogP contribution in [0.5, 0.6) is 0 Å². The van der Waals surface area contributed by atoms with Crippen molar-refractivity contribution in [3.63, 3.8) is 0 Å². The third kappa shape index (κ3) is 1.80. The van der Waals surface area contributed by atoms with Gasteiger partial charge in [0.15, 0.2) is 4.96 Å². The summed E-state index contributed by atoms with van der Waals surface area (Å²) in [4.78, 5) is 5.31. The van der Waals surface area contributed by atoms with Crippen molar-refractivity contribution in [3.8, 4) is 0 Å². The van der Waals surface area contributed by atoms with Crippen molar-refractivity contribution in [2.24, 2.45) is 0 Å². The lowest BCUT2D eigenvalue weighted by atomic mass is 9.95. The van der Waals surface area contributed by atoms with Crippen LogP contribution in [0.25, 0.3) is 15.2 Å². The van der Waals surface area contributed by atoms with Crippen LogP contribution in [0, 0.1) is 0 Å². The number of hydrogen-bond acceptors (Lipinski definition) is 3. The standard InChI is InChI=1S/C16H14N2OS/c19-15(11-4-2-1-3-5-11)12-6-7-13-14(10-12)20-16-17-8-9-18(13)16/h1-2,4,6-10,15,19H,3,5H2. The van der Waals surface area contributed by atoms with Crippen LogP contribution in [0.1, 0.15) is 24.5 Å². The molecule has 1 aliphatic rings. The van der Waals surface area contributed by atoms with Gasteiger partial charge in [-0.3, -0.25) is 4.40 Å². The number of rotatable bonds is 2. The molecule has 0 saturated carbocycles. The van der Waals surface area contributed by atoms with Crippen LogP contribution >= 0.6 is 11.3 Å². The van der Waals surface area contributed by atoms with E-state index in [1.54, 1.807) is 11.3 Å². The van der Waals surface area contributed by atoms with E-state index in [0.717, 1.165) is 39.2 Å². The molecule has 4 heteroatoms. The lowest BCUT2D eigenvalue weighted by Gasteiger charge is -2.16. The summed E-state index contributed by atoms with van der Waals surface area (Å²) in [6.07, 6.45) is 11.4. The van der Waals surface area contributed by atoms with Crippen molar-refractivity contribution in [2.75, 3.05) is 0 Å². The van der Waals surface area contributed by atoms with Crippen molar-refractivity contribution >= 4 is 26.5 Å². The predicted octanol–water partition coefficient (Wildman–Crippen LogP) is 3.86. The van der Waals surface area contributed by atoms with E-state index >= 15 is 0 Å². The molecule has 0 amide bonds. The summed E-state index contributed by atoms with van der Waals surface area (Å²) in [6, 6.07) is 6.16. The fourth-order valence-electron chi connectivity index (χ4n) is 2.69. The van der Waals surface area contributed by atoms with E-state index < -0.39 is 6.10 Å². The number of benzene rings is 1. The summed E-state index contributed by atoms with van der Waals surface area (Å²) in [5.74, 6) is 0. The Hall–Kier alpha value is -1.91. The van der Waals surface area contributed by atoms with Gasteiger partial charge in [0.2, 0.25) is 0 Å². The Bertz CT molecular complexity index is 841. The van der Waals surface area contributed by atoms with Crippen molar-refractivity contribution in [2.45, 2.75) is 18.9 Å². The van der Waals surface area contributed by atoms with Crippen molar-refractivity contribution in [1.82, 2.24) is 9.38 Å². The normalized spacial score (nSPS) is 16.8. The topological polar surface area (TPSA) is 37.5 Å². The second-order valence-electron chi connectivity index (χ2n) is 5.02. The van der Waals surface area contributed by atoms with Gasteiger partial charge in [-0.1, -0.05) is 35.6 Å². The lowest BCUT2D eigenvalue weighted by molar-refractivity contribution is 0.211. The third-order valence-electron chi connectivity index (χ3n) is 3.76. The average Bonchev–Trinajstić information content (AvgIpc) is 3.07. The van der Waals surface area contributed by atoms with E-state index in [1.165, 1.54) is 0 Å². The maximum absolute atomic E-state index is 10.5. The van der Waals surface area contributed by atoms with Gasteiger partial charge in [-0.25, -0.2) is 4.98 Å². The van der Waals surface area contributed by atoms with Gasteiger partial charge < -0.3 is 5.11 Å². The van der Waals surface area contributed by atoms with Gasteiger partial charge in [-0.05, 0) is 36.1 Å². The van der Waals surface area contributed by atoms with E-state index in [1.807, 2.05) is 30.6 Å². The van der Waals surface area contributed by atoms with Crippen LogP contribution in [0.4, 0.5) is 0 Å². The Morgan fingerprint density at radius 3 is 3.15 bits per heavy atom. The van der Waals surface area contributed by atoms with Gasteiger partial charge >= 0.3 is 0 Å². The Morgan fingerprint density at radius 1 is 1.35 bits per heavy atom. The fourth-order valence-corrected chi connectivity index (χ4v) is 3.73. The van der Waals surface area contributed by atoms with Gasteiger partial charge in [-0.15, -0.1) is 0 Å². The molecular weight excluding hydrogens is 268 g/mol. The highest BCUT2D eigenvalue weighted by Gasteiger charge is 2.15. The first-order valence-corrected chi connectivity index (χ1v) is 7.54. The Morgan fingerprint density at radius 2 is 2.30 bits per heavy atom. The van der Waals surface area contributed by atoms with Crippen molar-refractivity contribution < 1.29 is 5.11 Å². The first kappa shape index (κ1) is 11.9. The molecule has 2 aromatic heterocycles. The molecule has 0 fully saturated rings. The van der Waals surface area contributed by atoms with Gasteiger partial charge in [0.1, 0.15) is 6.10 Å². The second-order valence-corrected chi connectivity index (χ2v) is 6.03. The molecule has 3 nitrogen and oxygen atoms in total. The molecule has 3 aromatic rings. The van der Waals surface area contributed by atoms with Crippen LogP contribution in [0.15, 0.2) is 54.4 Å². The minimum Gasteiger partial charge on any atom is -0.384 e. The first-order valence-electron chi connectivity index (χ1n) is 6.72. The van der Waals surface area contributed by atoms with E-state index in [4.69, 9.17) is 0 Å². The molecular formula is C16H14N2OS. The molecule has 2 heterocycles. The number of nitrogens with zero attached hydrogens (tertiary/aromatic N) is 2. The van der Waals surface area contributed by atoms with Gasteiger partial charge in [-0.2, -0.15) is 0 Å². The van der Waals surface area contributed by atoms with Crippen LogP contribution in [-0.4, -0.2) is 14.5 Å². The smallest absolute Gasteiger partial charge is 0.194 e. The molecule has 1 atom stereocenters.